The van der Waals surface area contributed by atoms with Crippen molar-refractivity contribution in [1.82, 2.24) is 0 Å². The smallest absolute Gasteiger partial charge is 0.195 e. The van der Waals surface area contributed by atoms with Crippen LogP contribution in [0, 0.1) is 0 Å². The van der Waals surface area contributed by atoms with E-state index in [0.717, 1.165) is 0 Å². The minimum atomic E-state index is -4.08. The van der Waals surface area contributed by atoms with Crippen LogP contribution in [0.25, 0.3) is 0 Å². The van der Waals surface area contributed by atoms with Crippen LogP contribution in [0.5, 0.6) is 0 Å². The number of benzene rings is 2. The van der Waals surface area contributed by atoms with E-state index < -0.39 is 24.3 Å². The SMILES string of the molecule is C=C=COCCCC(S(=O)(=O)c1ccccc1)S(=O)(=O)c1ccccc1. The molecule has 0 unspecified atom stereocenters. The van der Waals surface area contributed by atoms with Crippen molar-refractivity contribution >= 4 is 19.7 Å². The largest absolute Gasteiger partial charge is 0.493 e. The van der Waals surface area contributed by atoms with Crippen LogP contribution < -0.4 is 0 Å². The van der Waals surface area contributed by atoms with Gasteiger partial charge in [-0.25, -0.2) is 16.8 Å². The van der Waals surface area contributed by atoms with E-state index in [2.05, 4.69) is 12.3 Å². The lowest BCUT2D eigenvalue weighted by Gasteiger charge is -2.18. The van der Waals surface area contributed by atoms with Gasteiger partial charge in [0.05, 0.1) is 16.4 Å². The fourth-order valence-electron chi connectivity index (χ4n) is 2.45. The molecule has 0 saturated heterocycles. The molecule has 0 amide bonds. The molecule has 0 spiro atoms. The third kappa shape index (κ3) is 4.64. The zero-order valence-corrected chi connectivity index (χ0v) is 15.7. The Labute approximate surface area is 154 Å². The van der Waals surface area contributed by atoms with Crippen LogP contribution in [0.1, 0.15) is 12.8 Å². The molecule has 0 radical (unpaired) electrons. The molecule has 0 atom stereocenters. The second-order valence-corrected chi connectivity index (χ2v) is 10.0. The van der Waals surface area contributed by atoms with E-state index in [0.29, 0.717) is 0 Å². The molecule has 0 aliphatic carbocycles. The van der Waals surface area contributed by atoms with Gasteiger partial charge in [-0.3, -0.25) is 0 Å². The second-order valence-electron chi connectivity index (χ2n) is 5.48. The first-order valence-corrected chi connectivity index (χ1v) is 11.0. The summed E-state index contributed by atoms with van der Waals surface area (Å²) in [6.07, 6.45) is 1.42. The molecule has 2 rings (SSSR count). The molecule has 138 valence electrons. The molecule has 0 aliphatic heterocycles. The maximum Gasteiger partial charge on any atom is 0.195 e. The Kier molecular flexibility index (Phi) is 6.80. The Morgan fingerprint density at radius 3 is 1.77 bits per heavy atom. The Balaban J connectivity index is 2.41. The monoisotopic (exact) mass is 392 g/mol. The zero-order chi connectivity index (χ0) is 19.0. The van der Waals surface area contributed by atoms with Gasteiger partial charge in [0.15, 0.2) is 24.3 Å². The van der Waals surface area contributed by atoms with Gasteiger partial charge in [0, 0.05) is 0 Å². The third-order valence-electron chi connectivity index (χ3n) is 3.70. The van der Waals surface area contributed by atoms with Crippen LogP contribution in [0.2, 0.25) is 0 Å². The molecule has 5 nitrogen and oxygen atoms in total. The molecule has 0 heterocycles. The number of rotatable bonds is 9. The first-order chi connectivity index (χ1) is 12.4. The molecule has 0 saturated carbocycles. The van der Waals surface area contributed by atoms with Crippen LogP contribution in [0.4, 0.5) is 0 Å². The molecule has 0 N–H and O–H groups in total. The van der Waals surface area contributed by atoms with Crippen LogP contribution in [-0.2, 0) is 24.4 Å². The molecule has 0 aromatic heterocycles. The summed E-state index contributed by atoms with van der Waals surface area (Å²) in [5, 5.41) is 0. The van der Waals surface area contributed by atoms with Crippen LogP contribution in [0.3, 0.4) is 0 Å². The molecule has 26 heavy (non-hydrogen) atoms. The first-order valence-electron chi connectivity index (χ1n) is 7.94. The second kappa shape index (κ2) is 8.85. The molecule has 7 heteroatoms. The highest BCUT2D eigenvalue weighted by atomic mass is 32.3. The average Bonchev–Trinajstić information content (AvgIpc) is 2.65. The quantitative estimate of drug-likeness (QED) is 0.371. The summed E-state index contributed by atoms with van der Waals surface area (Å²) >= 11 is 0. The van der Waals surface area contributed by atoms with Gasteiger partial charge in [-0.15, -0.1) is 0 Å². The van der Waals surface area contributed by atoms with E-state index in [1.807, 2.05) is 0 Å². The minimum absolute atomic E-state index is 0.0172. The predicted octanol–water partition coefficient (Wildman–Crippen LogP) is 3.36. The van der Waals surface area contributed by atoms with Gasteiger partial charge in [0.2, 0.25) is 0 Å². The van der Waals surface area contributed by atoms with Crippen molar-refractivity contribution in [2.24, 2.45) is 0 Å². The number of hydrogen-bond donors (Lipinski definition) is 0. The Hall–Kier alpha value is -2.34. The molecule has 0 aliphatic rings. The normalized spacial score (nSPS) is 11.7. The molecule has 2 aromatic rings. The topological polar surface area (TPSA) is 77.5 Å². The molecule has 0 bridgehead atoms. The van der Waals surface area contributed by atoms with Crippen molar-refractivity contribution in [2.75, 3.05) is 6.61 Å². The highest BCUT2D eigenvalue weighted by Crippen LogP contribution is 2.28. The average molecular weight is 392 g/mol. The van der Waals surface area contributed by atoms with Crippen molar-refractivity contribution in [3.63, 3.8) is 0 Å². The summed E-state index contributed by atoms with van der Waals surface area (Å²) in [6, 6.07) is 15.2. The Bertz CT molecular complexity index is 890. The summed E-state index contributed by atoms with van der Waals surface area (Å²) < 4.78 is 55.6. The van der Waals surface area contributed by atoms with E-state index >= 15 is 0 Å². The van der Waals surface area contributed by atoms with Gasteiger partial charge in [-0.1, -0.05) is 48.7 Å². The first kappa shape index (κ1) is 20.0. The zero-order valence-electron chi connectivity index (χ0n) is 14.1. The van der Waals surface area contributed by atoms with E-state index in [1.54, 1.807) is 36.4 Å². The summed E-state index contributed by atoms with van der Waals surface area (Å²) in [5.41, 5.74) is 2.43. The van der Waals surface area contributed by atoms with E-state index in [-0.39, 0.29) is 29.2 Å². The van der Waals surface area contributed by atoms with E-state index in [1.165, 1.54) is 30.5 Å². The van der Waals surface area contributed by atoms with Gasteiger partial charge in [-0.2, -0.15) is 0 Å². The molecular weight excluding hydrogens is 372 g/mol. The van der Waals surface area contributed by atoms with Gasteiger partial charge >= 0.3 is 0 Å². The van der Waals surface area contributed by atoms with Crippen molar-refractivity contribution in [3.05, 3.63) is 79.2 Å². The lowest BCUT2D eigenvalue weighted by Crippen LogP contribution is -2.31. The van der Waals surface area contributed by atoms with E-state index in [9.17, 15) is 16.8 Å². The van der Waals surface area contributed by atoms with Gasteiger partial charge in [-0.05, 0) is 37.1 Å². The minimum Gasteiger partial charge on any atom is -0.493 e. The van der Waals surface area contributed by atoms with E-state index in [4.69, 9.17) is 4.74 Å². The fraction of sp³-hybridized carbons (Fsp3) is 0.211. The summed E-state index contributed by atoms with van der Waals surface area (Å²) in [4.78, 5) is -0.0344. The number of sulfone groups is 2. The maximum atomic E-state index is 13.0. The highest BCUT2D eigenvalue weighted by molar-refractivity contribution is 8.09. The highest BCUT2D eigenvalue weighted by Gasteiger charge is 2.39. The van der Waals surface area contributed by atoms with Gasteiger partial charge in [0.1, 0.15) is 6.26 Å². The fourth-order valence-corrected chi connectivity index (χ4v) is 7.09. The van der Waals surface area contributed by atoms with Gasteiger partial charge < -0.3 is 4.74 Å². The Morgan fingerprint density at radius 1 is 0.885 bits per heavy atom. The van der Waals surface area contributed by atoms with Crippen molar-refractivity contribution < 1.29 is 21.6 Å². The van der Waals surface area contributed by atoms with Crippen LogP contribution in [0.15, 0.2) is 89.0 Å². The van der Waals surface area contributed by atoms with Crippen molar-refractivity contribution in [1.29, 1.82) is 0 Å². The van der Waals surface area contributed by atoms with Gasteiger partial charge in [0.25, 0.3) is 0 Å². The lowest BCUT2D eigenvalue weighted by molar-refractivity contribution is 0.243. The summed E-state index contributed by atoms with van der Waals surface area (Å²) in [6.45, 7) is 3.53. The number of ether oxygens (including phenoxy) is 1. The van der Waals surface area contributed by atoms with Crippen LogP contribution in [-0.4, -0.2) is 28.0 Å². The Morgan fingerprint density at radius 2 is 1.35 bits per heavy atom. The molecule has 2 aromatic carbocycles. The summed E-state index contributed by atoms with van der Waals surface area (Å²) in [5.74, 6) is 0. The predicted molar refractivity (Wildman–Crippen MR) is 99.9 cm³/mol. The van der Waals surface area contributed by atoms with Crippen molar-refractivity contribution in [2.45, 2.75) is 27.2 Å². The number of hydrogen-bond acceptors (Lipinski definition) is 5. The molecular formula is C19H20O5S2. The molecule has 0 fully saturated rings. The van der Waals surface area contributed by atoms with Crippen molar-refractivity contribution in [3.8, 4) is 0 Å². The third-order valence-corrected chi connectivity index (χ3v) is 8.94. The summed E-state index contributed by atoms with van der Waals surface area (Å²) in [7, 11) is -8.16. The lowest BCUT2D eigenvalue weighted by atomic mass is 10.3. The standard InChI is InChI=1S/C19H20O5S2/c1-2-15-24-16-9-14-19(25(20,21)17-10-5-3-6-11-17)26(22,23)18-12-7-4-8-13-18/h3-8,10-13,15,19H,1,9,14,16H2. The maximum absolute atomic E-state index is 13.0. The van der Waals surface area contributed by atoms with Crippen LogP contribution >= 0.6 is 0 Å².